The molecule has 0 bridgehead atoms. The van der Waals surface area contributed by atoms with E-state index in [1.165, 1.54) is 13.8 Å². The molecule has 1 aliphatic rings. The average molecular weight is 453 g/mol. The molecule has 1 aromatic rings. The largest absolute Gasteiger partial charge is 0.459 e. The van der Waals surface area contributed by atoms with Gasteiger partial charge in [-0.25, -0.2) is 0 Å². The van der Waals surface area contributed by atoms with E-state index in [9.17, 15) is 9.59 Å². The van der Waals surface area contributed by atoms with Gasteiger partial charge in [0.1, 0.15) is 12.2 Å². The maximum atomic E-state index is 11.7. The van der Waals surface area contributed by atoms with E-state index >= 15 is 0 Å². The van der Waals surface area contributed by atoms with Gasteiger partial charge >= 0.3 is 11.9 Å². The highest BCUT2D eigenvalue weighted by molar-refractivity contribution is 6.76. The summed E-state index contributed by atoms with van der Waals surface area (Å²) in [6, 6.07) is 10.8. The van der Waals surface area contributed by atoms with Gasteiger partial charge in [0.25, 0.3) is 0 Å². The zero-order valence-electron chi connectivity index (χ0n) is 19.5. The number of ether oxygens (including phenoxy) is 5. The van der Waals surface area contributed by atoms with Crippen molar-refractivity contribution in [1.29, 1.82) is 0 Å². The van der Waals surface area contributed by atoms with E-state index in [2.05, 4.69) is 19.6 Å². The van der Waals surface area contributed by atoms with Crippen molar-refractivity contribution in [3.8, 4) is 0 Å². The maximum absolute atomic E-state index is 11.7. The monoisotopic (exact) mass is 452 g/mol. The number of carbonyl (C=O) groups excluding carboxylic acids is 2. The van der Waals surface area contributed by atoms with Crippen molar-refractivity contribution in [3.05, 3.63) is 35.9 Å². The van der Waals surface area contributed by atoms with Crippen LogP contribution in [0, 0.1) is 5.92 Å². The second-order valence-electron chi connectivity index (χ2n) is 9.23. The molecule has 0 aromatic heterocycles. The van der Waals surface area contributed by atoms with Gasteiger partial charge in [-0.05, 0) is 11.6 Å². The quantitative estimate of drug-likeness (QED) is 0.395. The molecule has 0 N–H and O–H groups in total. The molecule has 1 saturated heterocycles. The van der Waals surface area contributed by atoms with Gasteiger partial charge in [0.05, 0.1) is 13.2 Å². The highest BCUT2D eigenvalue weighted by atomic mass is 28.3. The van der Waals surface area contributed by atoms with E-state index in [-0.39, 0.29) is 12.5 Å². The minimum Gasteiger partial charge on any atom is -0.459 e. The van der Waals surface area contributed by atoms with Gasteiger partial charge in [0.15, 0.2) is 12.4 Å². The molecular formula is C23H36O7Si. The summed E-state index contributed by atoms with van der Waals surface area (Å²) in [4.78, 5) is 23.5. The second kappa shape index (κ2) is 11.8. The maximum Gasteiger partial charge on any atom is 0.303 e. The Kier molecular flexibility index (Phi) is 9.68. The van der Waals surface area contributed by atoms with Crippen molar-refractivity contribution < 1.29 is 33.3 Å². The third-order valence-corrected chi connectivity index (χ3v) is 6.82. The number of hydrogen-bond donors (Lipinski definition) is 0. The van der Waals surface area contributed by atoms with Crippen LogP contribution < -0.4 is 0 Å². The van der Waals surface area contributed by atoms with Crippen LogP contribution in [0.5, 0.6) is 0 Å². The van der Waals surface area contributed by atoms with E-state index in [1.54, 1.807) is 0 Å². The lowest BCUT2D eigenvalue weighted by atomic mass is 9.90. The Morgan fingerprint density at radius 2 is 1.61 bits per heavy atom. The topological polar surface area (TPSA) is 80.3 Å². The predicted octanol–water partition coefficient (Wildman–Crippen LogP) is 3.78. The number of carbonyl (C=O) groups is 2. The number of rotatable bonds is 10. The standard InChI is InChI=1S/C23H36O7Si/c1-16-21(28-17(2)24)20(15-26-14-19-10-8-7-9-11-19)30-23(22(16)29-18(3)25)27-12-13-31(4,5)6/h7-11,16,20-23H,12-15H2,1-6H3. The summed E-state index contributed by atoms with van der Waals surface area (Å²) in [7, 11) is -1.31. The minimum absolute atomic E-state index is 0.220. The number of benzene rings is 1. The Labute approximate surface area is 186 Å². The Morgan fingerprint density at radius 1 is 1.00 bits per heavy atom. The zero-order chi connectivity index (χ0) is 23.0. The van der Waals surface area contributed by atoms with Crippen LogP contribution in [0.4, 0.5) is 0 Å². The lowest BCUT2D eigenvalue weighted by Crippen LogP contribution is -2.58. The van der Waals surface area contributed by atoms with Gasteiger partial charge in [-0.3, -0.25) is 9.59 Å². The zero-order valence-corrected chi connectivity index (χ0v) is 20.5. The van der Waals surface area contributed by atoms with Gasteiger partial charge in [-0.1, -0.05) is 56.9 Å². The first-order valence-electron chi connectivity index (χ1n) is 10.8. The van der Waals surface area contributed by atoms with Crippen molar-refractivity contribution in [3.63, 3.8) is 0 Å². The van der Waals surface area contributed by atoms with Gasteiger partial charge in [0.2, 0.25) is 0 Å². The van der Waals surface area contributed by atoms with E-state index in [1.807, 2.05) is 37.3 Å². The average Bonchev–Trinajstić information content (AvgIpc) is 2.67. The molecule has 7 nitrogen and oxygen atoms in total. The van der Waals surface area contributed by atoms with Crippen LogP contribution in [0.2, 0.25) is 25.7 Å². The smallest absolute Gasteiger partial charge is 0.303 e. The molecule has 5 atom stereocenters. The highest BCUT2D eigenvalue weighted by Crippen LogP contribution is 2.32. The molecule has 5 unspecified atom stereocenters. The first-order chi connectivity index (χ1) is 14.6. The molecule has 1 fully saturated rings. The van der Waals surface area contributed by atoms with Crippen molar-refractivity contribution >= 4 is 20.0 Å². The molecule has 2 rings (SSSR count). The lowest BCUT2D eigenvalue weighted by molar-refractivity contribution is -0.294. The minimum atomic E-state index is -1.31. The Balaban J connectivity index is 2.11. The van der Waals surface area contributed by atoms with Crippen LogP contribution in [-0.4, -0.2) is 57.8 Å². The van der Waals surface area contributed by atoms with Crippen molar-refractivity contribution in [2.75, 3.05) is 13.2 Å². The normalized spacial score (nSPS) is 26.3. The SMILES string of the molecule is CC(=O)OC1C(COCc2ccccc2)OC(OCC[Si](C)(C)C)C(OC(C)=O)C1C. The molecule has 0 radical (unpaired) electrons. The van der Waals surface area contributed by atoms with Crippen LogP contribution >= 0.6 is 0 Å². The molecular weight excluding hydrogens is 416 g/mol. The first-order valence-corrected chi connectivity index (χ1v) is 14.5. The molecule has 0 spiro atoms. The van der Waals surface area contributed by atoms with E-state index in [0.29, 0.717) is 13.2 Å². The van der Waals surface area contributed by atoms with Gasteiger partial charge in [0, 0.05) is 34.4 Å². The summed E-state index contributed by atoms with van der Waals surface area (Å²) in [5.41, 5.74) is 1.04. The molecule has 1 aromatic carbocycles. The van der Waals surface area contributed by atoms with Crippen LogP contribution in [0.15, 0.2) is 30.3 Å². The van der Waals surface area contributed by atoms with E-state index in [0.717, 1.165) is 11.6 Å². The predicted molar refractivity (Wildman–Crippen MR) is 119 cm³/mol. The summed E-state index contributed by atoms with van der Waals surface area (Å²) in [6.45, 7) is 12.5. The Hall–Kier alpha value is -1.74. The number of esters is 2. The molecule has 1 heterocycles. The number of hydrogen-bond acceptors (Lipinski definition) is 7. The molecule has 31 heavy (non-hydrogen) atoms. The molecule has 1 aliphatic heterocycles. The fourth-order valence-corrected chi connectivity index (χ4v) is 4.18. The Bertz CT molecular complexity index is 704. The van der Waals surface area contributed by atoms with E-state index < -0.39 is 44.6 Å². The third-order valence-electron chi connectivity index (χ3n) is 5.11. The summed E-state index contributed by atoms with van der Waals surface area (Å²) >= 11 is 0. The van der Waals surface area contributed by atoms with Crippen LogP contribution in [0.3, 0.4) is 0 Å². The molecule has 0 aliphatic carbocycles. The van der Waals surface area contributed by atoms with Gasteiger partial charge in [-0.2, -0.15) is 0 Å². The third kappa shape index (κ3) is 8.72. The first kappa shape index (κ1) is 25.5. The molecule has 8 heteroatoms. The van der Waals surface area contributed by atoms with Gasteiger partial charge < -0.3 is 23.7 Å². The van der Waals surface area contributed by atoms with Crippen LogP contribution in [0.25, 0.3) is 0 Å². The Morgan fingerprint density at radius 3 is 2.19 bits per heavy atom. The molecule has 0 amide bonds. The molecule has 174 valence electrons. The molecule has 0 saturated carbocycles. The van der Waals surface area contributed by atoms with Crippen molar-refractivity contribution in [2.24, 2.45) is 5.92 Å². The second-order valence-corrected chi connectivity index (χ2v) is 14.9. The van der Waals surface area contributed by atoms with Crippen LogP contribution in [0.1, 0.15) is 26.3 Å². The summed E-state index contributed by atoms with van der Waals surface area (Å²) < 4.78 is 29.1. The lowest BCUT2D eigenvalue weighted by Gasteiger charge is -2.44. The van der Waals surface area contributed by atoms with Crippen molar-refractivity contribution in [1.82, 2.24) is 0 Å². The summed E-state index contributed by atoms with van der Waals surface area (Å²) in [5, 5.41) is 0. The highest BCUT2D eigenvalue weighted by Gasteiger charge is 2.48. The van der Waals surface area contributed by atoms with Crippen molar-refractivity contribution in [2.45, 2.75) is 77.7 Å². The van der Waals surface area contributed by atoms with E-state index in [4.69, 9.17) is 23.7 Å². The fourth-order valence-electron chi connectivity index (χ4n) is 3.45. The van der Waals surface area contributed by atoms with Crippen LogP contribution in [-0.2, 0) is 39.9 Å². The summed E-state index contributed by atoms with van der Waals surface area (Å²) in [5.74, 6) is -1.17. The fraction of sp³-hybridized carbons (Fsp3) is 0.652. The van der Waals surface area contributed by atoms with Gasteiger partial charge in [-0.15, -0.1) is 0 Å². The summed E-state index contributed by atoms with van der Waals surface area (Å²) in [6.07, 6.45) is -2.57.